The number of H-pyrrole nitrogens is 1. The Morgan fingerprint density at radius 3 is 2.89 bits per heavy atom. The molecule has 6 heteroatoms. The molecule has 0 spiro atoms. The molecule has 1 N–H and O–H groups in total. The van der Waals surface area contributed by atoms with Crippen LogP contribution in [0.1, 0.15) is 30.1 Å². The van der Waals surface area contributed by atoms with Gasteiger partial charge in [0.25, 0.3) is 0 Å². The Balaban J connectivity index is 1.58. The van der Waals surface area contributed by atoms with E-state index in [0.29, 0.717) is 6.42 Å². The van der Waals surface area contributed by atoms with E-state index in [9.17, 15) is 4.79 Å². The van der Waals surface area contributed by atoms with Crippen LogP contribution in [-0.2, 0) is 11.2 Å². The number of amides is 1. The summed E-state index contributed by atoms with van der Waals surface area (Å²) in [6.45, 7) is 0.757. The van der Waals surface area contributed by atoms with E-state index in [-0.39, 0.29) is 11.9 Å². The number of benzene rings is 1. The molecule has 0 aliphatic carbocycles. The first-order valence-corrected chi connectivity index (χ1v) is 9.13. The second-order valence-electron chi connectivity index (χ2n) is 6.67. The lowest BCUT2D eigenvalue weighted by molar-refractivity contribution is -0.131. The van der Waals surface area contributed by atoms with Gasteiger partial charge in [0.15, 0.2) is 0 Å². The number of likely N-dealkylation sites (tertiary alicyclic amines) is 1. The highest BCUT2D eigenvalue weighted by Gasteiger charge is 2.33. The number of methoxy groups -OCH3 is 1. The van der Waals surface area contributed by atoms with Gasteiger partial charge in [-0.2, -0.15) is 5.10 Å². The molecular weight excluding hydrogens is 340 g/mol. The number of aromatic amines is 1. The van der Waals surface area contributed by atoms with Crippen molar-refractivity contribution in [2.24, 2.45) is 0 Å². The Kier molecular flexibility index (Phi) is 4.87. The number of rotatable bonds is 5. The molecule has 1 fully saturated rings. The summed E-state index contributed by atoms with van der Waals surface area (Å²) in [7, 11) is 1.63. The summed E-state index contributed by atoms with van der Waals surface area (Å²) in [5, 5.41) is 7.37. The predicted octanol–water partition coefficient (Wildman–Crippen LogP) is 3.39. The summed E-state index contributed by atoms with van der Waals surface area (Å²) in [6, 6.07) is 11.6. The normalized spacial score (nSPS) is 16.5. The molecule has 1 aliphatic heterocycles. The first kappa shape index (κ1) is 17.3. The summed E-state index contributed by atoms with van der Waals surface area (Å²) in [4.78, 5) is 19.1. The van der Waals surface area contributed by atoms with Crippen LogP contribution in [0.25, 0.3) is 11.1 Å². The van der Waals surface area contributed by atoms with Crippen LogP contribution in [0.2, 0.25) is 0 Å². The van der Waals surface area contributed by atoms with E-state index in [2.05, 4.69) is 15.2 Å². The van der Waals surface area contributed by atoms with Crippen molar-refractivity contribution in [2.75, 3.05) is 13.7 Å². The van der Waals surface area contributed by atoms with Crippen LogP contribution in [-0.4, -0.2) is 39.6 Å². The Morgan fingerprint density at radius 2 is 2.07 bits per heavy atom. The van der Waals surface area contributed by atoms with Gasteiger partial charge in [-0.3, -0.25) is 14.9 Å². The molecule has 1 atom stereocenters. The molecule has 3 aromatic rings. The largest absolute Gasteiger partial charge is 0.496 e. The zero-order chi connectivity index (χ0) is 18.6. The zero-order valence-corrected chi connectivity index (χ0v) is 15.3. The molecule has 0 bridgehead atoms. The minimum atomic E-state index is 0.0119. The summed E-state index contributed by atoms with van der Waals surface area (Å²) < 4.78 is 5.39. The number of carbonyl (C=O) groups is 1. The first-order valence-electron chi connectivity index (χ1n) is 9.13. The molecule has 2 aromatic heterocycles. The average Bonchev–Trinajstić information content (AvgIpc) is 3.38. The van der Waals surface area contributed by atoms with Crippen LogP contribution in [0.15, 0.2) is 55.0 Å². The monoisotopic (exact) mass is 362 g/mol. The molecule has 27 heavy (non-hydrogen) atoms. The second-order valence-corrected chi connectivity index (χ2v) is 6.67. The number of nitrogens with one attached hydrogen (secondary N) is 1. The van der Waals surface area contributed by atoms with E-state index in [4.69, 9.17) is 4.74 Å². The summed E-state index contributed by atoms with van der Waals surface area (Å²) in [6.07, 6.45) is 7.61. The van der Waals surface area contributed by atoms with Crippen molar-refractivity contribution >= 4 is 5.91 Å². The third kappa shape index (κ3) is 3.43. The average molecular weight is 362 g/mol. The number of ether oxygens (including phenoxy) is 1. The molecule has 1 aliphatic rings. The van der Waals surface area contributed by atoms with Crippen molar-refractivity contribution in [3.05, 3.63) is 66.2 Å². The van der Waals surface area contributed by atoms with Gasteiger partial charge in [-0.25, -0.2) is 0 Å². The number of hydrogen-bond acceptors (Lipinski definition) is 4. The van der Waals surface area contributed by atoms with Crippen LogP contribution >= 0.6 is 0 Å². The Labute approximate surface area is 158 Å². The van der Waals surface area contributed by atoms with Crippen molar-refractivity contribution in [3.63, 3.8) is 0 Å². The fourth-order valence-corrected chi connectivity index (χ4v) is 3.79. The van der Waals surface area contributed by atoms with Crippen LogP contribution in [0.3, 0.4) is 0 Å². The van der Waals surface area contributed by atoms with Crippen molar-refractivity contribution < 1.29 is 9.53 Å². The molecule has 3 heterocycles. The van der Waals surface area contributed by atoms with Gasteiger partial charge in [-0.1, -0.05) is 18.2 Å². The summed E-state index contributed by atoms with van der Waals surface area (Å²) in [5.41, 5.74) is 3.99. The van der Waals surface area contributed by atoms with Gasteiger partial charge < -0.3 is 9.64 Å². The van der Waals surface area contributed by atoms with E-state index in [1.54, 1.807) is 19.5 Å². The molecule has 0 saturated carbocycles. The van der Waals surface area contributed by atoms with Gasteiger partial charge in [-0.15, -0.1) is 0 Å². The smallest absolute Gasteiger partial charge is 0.227 e. The van der Waals surface area contributed by atoms with Gasteiger partial charge in [0.2, 0.25) is 5.91 Å². The van der Waals surface area contributed by atoms with Gasteiger partial charge >= 0.3 is 0 Å². The molecule has 1 aromatic carbocycles. The SMILES string of the molecule is COc1ccccc1CC(=O)N1CCC[C@@H]1c1[nH]ncc1-c1ccncc1. The number of para-hydroxylation sites is 1. The zero-order valence-electron chi connectivity index (χ0n) is 15.3. The summed E-state index contributed by atoms with van der Waals surface area (Å²) in [5.74, 6) is 0.859. The third-order valence-corrected chi connectivity index (χ3v) is 5.10. The standard InChI is InChI=1S/C21H22N4O2/c1-27-19-7-3-2-5-16(19)13-20(26)25-12-4-6-18(25)21-17(14-23-24-21)15-8-10-22-11-9-15/h2-3,5,7-11,14,18H,4,6,12-13H2,1H3,(H,23,24)/t18-/m1/s1. The van der Waals surface area contributed by atoms with Gasteiger partial charge in [0, 0.05) is 30.1 Å². The highest BCUT2D eigenvalue weighted by Crippen LogP contribution is 2.36. The maximum atomic E-state index is 13.1. The second kappa shape index (κ2) is 7.61. The van der Waals surface area contributed by atoms with Crippen LogP contribution in [0.4, 0.5) is 0 Å². The lowest BCUT2D eigenvalue weighted by atomic mass is 10.0. The first-order chi connectivity index (χ1) is 13.3. The van der Waals surface area contributed by atoms with Gasteiger partial charge in [0.05, 0.1) is 31.5 Å². The molecule has 1 amide bonds. The van der Waals surface area contributed by atoms with E-state index < -0.39 is 0 Å². The Bertz CT molecular complexity index is 923. The van der Waals surface area contributed by atoms with E-state index in [0.717, 1.165) is 47.5 Å². The molecule has 4 rings (SSSR count). The Morgan fingerprint density at radius 1 is 1.26 bits per heavy atom. The lowest BCUT2D eigenvalue weighted by Gasteiger charge is -2.25. The molecule has 1 saturated heterocycles. The van der Waals surface area contributed by atoms with Crippen molar-refractivity contribution in [1.29, 1.82) is 0 Å². The highest BCUT2D eigenvalue weighted by atomic mass is 16.5. The number of aromatic nitrogens is 3. The maximum absolute atomic E-state index is 13.1. The van der Waals surface area contributed by atoms with E-state index in [1.807, 2.05) is 47.5 Å². The number of hydrogen-bond donors (Lipinski definition) is 1. The third-order valence-electron chi connectivity index (χ3n) is 5.10. The molecule has 0 radical (unpaired) electrons. The number of pyridine rings is 1. The molecule has 138 valence electrons. The summed E-state index contributed by atoms with van der Waals surface area (Å²) >= 11 is 0. The number of nitrogens with zero attached hydrogens (tertiary/aromatic N) is 3. The quantitative estimate of drug-likeness (QED) is 0.755. The van der Waals surface area contributed by atoms with Crippen molar-refractivity contribution in [3.8, 4) is 16.9 Å². The maximum Gasteiger partial charge on any atom is 0.227 e. The van der Waals surface area contributed by atoms with E-state index in [1.165, 1.54) is 0 Å². The minimum absolute atomic E-state index is 0.0119. The fourth-order valence-electron chi connectivity index (χ4n) is 3.79. The topological polar surface area (TPSA) is 71.1 Å². The fraction of sp³-hybridized carbons (Fsp3) is 0.286. The molecular formula is C21H22N4O2. The Hall–Kier alpha value is -3.15. The highest BCUT2D eigenvalue weighted by molar-refractivity contribution is 5.80. The number of carbonyl (C=O) groups excluding carboxylic acids is 1. The molecule has 6 nitrogen and oxygen atoms in total. The van der Waals surface area contributed by atoms with E-state index >= 15 is 0 Å². The predicted molar refractivity (Wildman–Crippen MR) is 102 cm³/mol. The van der Waals surface area contributed by atoms with Gasteiger partial charge in [-0.05, 0) is 36.6 Å². The van der Waals surface area contributed by atoms with Crippen molar-refractivity contribution in [2.45, 2.75) is 25.3 Å². The molecule has 0 unspecified atom stereocenters. The van der Waals surface area contributed by atoms with Crippen molar-refractivity contribution in [1.82, 2.24) is 20.1 Å². The minimum Gasteiger partial charge on any atom is -0.496 e. The van der Waals surface area contributed by atoms with Crippen LogP contribution < -0.4 is 4.74 Å². The van der Waals surface area contributed by atoms with Crippen LogP contribution in [0, 0.1) is 0 Å². The lowest BCUT2D eigenvalue weighted by Crippen LogP contribution is -2.32. The van der Waals surface area contributed by atoms with Crippen LogP contribution in [0.5, 0.6) is 5.75 Å². The van der Waals surface area contributed by atoms with Gasteiger partial charge in [0.1, 0.15) is 5.75 Å².